The topological polar surface area (TPSA) is 43.4 Å². The van der Waals surface area contributed by atoms with E-state index in [1.54, 1.807) is 6.92 Å². The van der Waals surface area contributed by atoms with Gasteiger partial charge in [-0.15, -0.1) is 13.2 Å². The van der Waals surface area contributed by atoms with Crippen molar-refractivity contribution in [3.63, 3.8) is 0 Å². The van der Waals surface area contributed by atoms with Gasteiger partial charge < -0.3 is 4.74 Å². The number of ether oxygens (including phenoxy) is 1. The van der Waals surface area contributed by atoms with E-state index in [9.17, 15) is 21.6 Å². The van der Waals surface area contributed by atoms with Crippen LogP contribution >= 0.6 is 0 Å². The van der Waals surface area contributed by atoms with Crippen molar-refractivity contribution >= 4 is 9.84 Å². The van der Waals surface area contributed by atoms with Crippen molar-refractivity contribution in [1.29, 1.82) is 0 Å². The minimum Gasteiger partial charge on any atom is -0.404 e. The summed E-state index contributed by atoms with van der Waals surface area (Å²) in [5.41, 5.74) is 0. The summed E-state index contributed by atoms with van der Waals surface area (Å²) >= 11 is 0. The zero-order chi connectivity index (χ0) is 13.1. The van der Waals surface area contributed by atoms with E-state index in [1.165, 1.54) is 6.07 Å². The SMILES string of the molecule is CCCS(=O)(=O)c1cc[c]cc1OC(F)(F)F. The number of hydrogen-bond acceptors (Lipinski definition) is 3. The van der Waals surface area contributed by atoms with Gasteiger partial charge in [-0.25, -0.2) is 8.42 Å². The molecule has 1 aromatic rings. The maximum atomic E-state index is 12.1. The van der Waals surface area contributed by atoms with E-state index in [-0.39, 0.29) is 5.75 Å². The van der Waals surface area contributed by atoms with Crippen LogP contribution in [0.1, 0.15) is 13.3 Å². The summed E-state index contributed by atoms with van der Waals surface area (Å²) in [4.78, 5) is -0.463. The number of hydrogen-bond donors (Lipinski definition) is 0. The van der Waals surface area contributed by atoms with Crippen molar-refractivity contribution in [2.24, 2.45) is 0 Å². The highest BCUT2D eigenvalue weighted by Gasteiger charge is 2.33. The molecule has 1 aromatic carbocycles. The normalized spacial score (nSPS) is 12.5. The molecule has 1 rings (SSSR count). The Morgan fingerprint density at radius 2 is 2.06 bits per heavy atom. The monoisotopic (exact) mass is 267 g/mol. The van der Waals surface area contributed by atoms with Gasteiger partial charge in [-0.2, -0.15) is 0 Å². The minimum atomic E-state index is -4.92. The third-order valence-corrected chi connectivity index (χ3v) is 3.77. The molecule has 3 nitrogen and oxygen atoms in total. The molecule has 0 aliphatic rings. The maximum Gasteiger partial charge on any atom is 0.573 e. The van der Waals surface area contributed by atoms with Gasteiger partial charge in [-0.05, 0) is 24.6 Å². The molecule has 0 bridgehead atoms. The van der Waals surface area contributed by atoms with Crippen LogP contribution in [0.3, 0.4) is 0 Å². The Balaban J connectivity index is 3.17. The Kier molecular flexibility index (Phi) is 4.03. The van der Waals surface area contributed by atoms with Crippen LogP contribution in [0.5, 0.6) is 5.75 Å². The lowest BCUT2D eigenvalue weighted by Crippen LogP contribution is -2.19. The Hall–Kier alpha value is -1.24. The summed E-state index contributed by atoms with van der Waals surface area (Å²) in [5.74, 6) is -0.973. The van der Waals surface area contributed by atoms with Crippen LogP contribution in [0.15, 0.2) is 23.1 Å². The summed E-state index contributed by atoms with van der Waals surface area (Å²) in [6, 6.07) is 5.48. The molecule has 0 aliphatic carbocycles. The molecule has 0 unspecified atom stereocenters. The number of benzene rings is 1. The van der Waals surface area contributed by atoms with Gasteiger partial charge in [0.05, 0.1) is 5.75 Å². The van der Waals surface area contributed by atoms with Crippen molar-refractivity contribution in [1.82, 2.24) is 0 Å². The molecule has 0 saturated heterocycles. The molecule has 1 radical (unpaired) electrons. The minimum absolute atomic E-state index is 0.231. The smallest absolute Gasteiger partial charge is 0.404 e. The van der Waals surface area contributed by atoms with Gasteiger partial charge in [-0.3, -0.25) is 0 Å². The van der Waals surface area contributed by atoms with Gasteiger partial charge in [0.15, 0.2) is 9.84 Å². The largest absolute Gasteiger partial charge is 0.573 e. The highest BCUT2D eigenvalue weighted by Crippen LogP contribution is 2.29. The van der Waals surface area contributed by atoms with E-state index in [4.69, 9.17) is 0 Å². The lowest BCUT2D eigenvalue weighted by Gasteiger charge is -2.12. The second kappa shape index (κ2) is 4.95. The van der Waals surface area contributed by atoms with Gasteiger partial charge in [0.25, 0.3) is 0 Å². The van der Waals surface area contributed by atoms with Crippen molar-refractivity contribution in [2.45, 2.75) is 24.6 Å². The molecular formula is C10H10F3O3S. The van der Waals surface area contributed by atoms with E-state index in [1.807, 2.05) is 0 Å². The highest BCUT2D eigenvalue weighted by molar-refractivity contribution is 7.91. The number of rotatable bonds is 4. The van der Waals surface area contributed by atoms with Gasteiger partial charge in [0.2, 0.25) is 0 Å². The van der Waals surface area contributed by atoms with Crippen LogP contribution in [0.2, 0.25) is 0 Å². The molecule has 0 aromatic heterocycles. The first-order valence-electron chi connectivity index (χ1n) is 4.75. The van der Waals surface area contributed by atoms with Crippen molar-refractivity contribution in [2.75, 3.05) is 5.75 Å². The Labute approximate surface area is 97.1 Å². The van der Waals surface area contributed by atoms with Crippen LogP contribution in [-0.4, -0.2) is 20.5 Å². The number of halogens is 3. The molecular weight excluding hydrogens is 257 g/mol. The summed E-state index contributed by atoms with van der Waals surface area (Å²) < 4.78 is 63.2. The molecule has 0 fully saturated rings. The second-order valence-corrected chi connectivity index (χ2v) is 5.32. The molecule has 95 valence electrons. The molecule has 0 atom stereocenters. The van der Waals surface area contributed by atoms with Gasteiger partial charge >= 0.3 is 6.36 Å². The molecule has 0 spiro atoms. The summed E-state index contributed by atoms with van der Waals surface area (Å²) in [6.45, 7) is 1.62. The van der Waals surface area contributed by atoms with Gasteiger partial charge in [0.1, 0.15) is 10.6 Å². The van der Waals surface area contributed by atoms with Crippen LogP contribution in [-0.2, 0) is 9.84 Å². The zero-order valence-electron chi connectivity index (χ0n) is 8.91. The molecule has 0 saturated carbocycles. The highest BCUT2D eigenvalue weighted by atomic mass is 32.2. The molecule has 0 N–H and O–H groups in total. The van der Waals surface area contributed by atoms with Crippen LogP contribution in [0, 0.1) is 6.07 Å². The quantitative estimate of drug-likeness (QED) is 0.842. The molecule has 0 heterocycles. The first kappa shape index (κ1) is 13.8. The Morgan fingerprint density at radius 3 is 2.59 bits per heavy atom. The van der Waals surface area contributed by atoms with Crippen LogP contribution in [0.4, 0.5) is 13.2 Å². The fourth-order valence-corrected chi connectivity index (χ4v) is 2.68. The first-order chi connectivity index (χ1) is 7.76. The molecule has 0 aliphatic heterocycles. The van der Waals surface area contributed by atoms with Gasteiger partial charge in [0, 0.05) is 0 Å². The first-order valence-corrected chi connectivity index (χ1v) is 6.40. The second-order valence-electron chi connectivity index (χ2n) is 3.24. The standard InChI is InChI=1S/C10H10F3O3S/c1-2-7-17(14,15)9-6-4-3-5-8(9)16-10(11,12)13/h4-6H,2,7H2,1H3. The van der Waals surface area contributed by atoms with E-state index in [0.717, 1.165) is 12.1 Å². The number of alkyl halides is 3. The molecule has 7 heteroatoms. The predicted molar refractivity (Wildman–Crippen MR) is 54.3 cm³/mol. The Bertz CT molecular complexity index is 480. The number of sulfone groups is 1. The van der Waals surface area contributed by atoms with E-state index >= 15 is 0 Å². The molecule has 17 heavy (non-hydrogen) atoms. The van der Waals surface area contributed by atoms with E-state index in [0.29, 0.717) is 6.42 Å². The Morgan fingerprint density at radius 1 is 1.41 bits per heavy atom. The van der Waals surface area contributed by atoms with Crippen LogP contribution < -0.4 is 4.74 Å². The lowest BCUT2D eigenvalue weighted by atomic mass is 10.3. The summed E-state index contributed by atoms with van der Waals surface area (Å²) in [6.07, 6.45) is -4.61. The van der Waals surface area contributed by atoms with E-state index in [2.05, 4.69) is 10.8 Å². The maximum absolute atomic E-state index is 12.1. The summed E-state index contributed by atoms with van der Waals surface area (Å²) in [5, 5.41) is 0. The summed E-state index contributed by atoms with van der Waals surface area (Å²) in [7, 11) is -3.76. The molecule has 0 amide bonds. The lowest BCUT2D eigenvalue weighted by molar-refractivity contribution is -0.275. The fourth-order valence-electron chi connectivity index (χ4n) is 1.24. The van der Waals surface area contributed by atoms with Crippen molar-refractivity contribution < 1.29 is 26.3 Å². The zero-order valence-corrected chi connectivity index (χ0v) is 9.73. The third kappa shape index (κ3) is 3.92. The van der Waals surface area contributed by atoms with Crippen molar-refractivity contribution in [3.05, 3.63) is 24.3 Å². The van der Waals surface area contributed by atoms with E-state index < -0.39 is 26.8 Å². The van der Waals surface area contributed by atoms with Crippen molar-refractivity contribution in [3.8, 4) is 5.75 Å². The average molecular weight is 267 g/mol. The van der Waals surface area contributed by atoms with Crippen LogP contribution in [0.25, 0.3) is 0 Å². The average Bonchev–Trinajstić information content (AvgIpc) is 2.15. The fraction of sp³-hybridized carbons (Fsp3) is 0.400. The third-order valence-electron chi connectivity index (χ3n) is 1.82. The predicted octanol–water partition coefficient (Wildman–Crippen LogP) is 2.57. The van der Waals surface area contributed by atoms with Gasteiger partial charge in [-0.1, -0.05) is 13.0 Å².